The maximum Gasteiger partial charge on any atom is 0.436 e. The molecule has 1 aliphatic rings. The van der Waals surface area contributed by atoms with Crippen molar-refractivity contribution in [3.8, 4) is 5.75 Å². The van der Waals surface area contributed by atoms with Gasteiger partial charge in [-0.15, -0.1) is 0 Å². The van der Waals surface area contributed by atoms with Crippen molar-refractivity contribution in [3.63, 3.8) is 0 Å². The van der Waals surface area contributed by atoms with E-state index in [-0.39, 0.29) is 25.3 Å². The summed E-state index contributed by atoms with van der Waals surface area (Å²) >= 11 is 0. The summed E-state index contributed by atoms with van der Waals surface area (Å²) < 4.78 is 47.3. The molecule has 156 valence electrons. The number of para-hydroxylation sites is 2. The molecule has 0 radical (unpaired) electrons. The fourth-order valence-electron chi connectivity index (χ4n) is 2.64. The number of oxazole rings is 1. The van der Waals surface area contributed by atoms with Gasteiger partial charge >= 0.3 is 12.2 Å². The third kappa shape index (κ3) is 5.24. The van der Waals surface area contributed by atoms with Gasteiger partial charge in [-0.25, -0.2) is 0 Å². The molecule has 29 heavy (non-hydrogen) atoms. The van der Waals surface area contributed by atoms with Crippen LogP contribution in [0.3, 0.4) is 0 Å². The number of aromatic nitrogens is 1. The van der Waals surface area contributed by atoms with Gasteiger partial charge in [0.15, 0.2) is 5.69 Å². The maximum atomic E-state index is 12.5. The zero-order valence-electron chi connectivity index (χ0n) is 15.0. The van der Waals surface area contributed by atoms with Crippen molar-refractivity contribution in [2.45, 2.75) is 12.6 Å². The Morgan fingerprint density at radius 2 is 2.07 bits per heavy atom. The molecule has 1 atom stereocenters. The molecule has 1 aliphatic heterocycles. The van der Waals surface area contributed by atoms with Crippen LogP contribution in [0.5, 0.6) is 5.75 Å². The first-order valence-electron chi connectivity index (χ1n) is 8.06. The number of alkyl halides is 3. The van der Waals surface area contributed by atoms with Crippen LogP contribution in [-0.2, 0) is 20.6 Å². The summed E-state index contributed by atoms with van der Waals surface area (Å²) in [5.41, 5.74) is -0.725. The van der Waals surface area contributed by atoms with E-state index >= 15 is 0 Å². The summed E-state index contributed by atoms with van der Waals surface area (Å²) in [5, 5.41) is 9.06. The number of hydrogen-bond acceptors (Lipinski definition) is 6. The first-order valence-corrected chi connectivity index (χ1v) is 8.06. The van der Waals surface area contributed by atoms with Crippen molar-refractivity contribution in [2.75, 3.05) is 23.9 Å². The highest BCUT2D eigenvalue weighted by molar-refractivity contribution is 6.03. The van der Waals surface area contributed by atoms with E-state index in [9.17, 15) is 22.8 Å². The fourth-order valence-corrected chi connectivity index (χ4v) is 2.64. The molecule has 1 saturated heterocycles. The van der Waals surface area contributed by atoms with E-state index in [1.807, 2.05) is 0 Å². The van der Waals surface area contributed by atoms with Crippen LogP contribution in [0.15, 0.2) is 34.9 Å². The second-order valence-corrected chi connectivity index (χ2v) is 5.71. The van der Waals surface area contributed by atoms with Crippen LogP contribution >= 0.6 is 0 Å². The summed E-state index contributed by atoms with van der Waals surface area (Å²) in [6, 6.07) is 6.27. The standard InChI is InChI=1S/C16H14F3N3O4.CH2O2/c1-25-11-5-3-2-4-10(11)22-7-9(6-13(22)23)14(24)21-15-20-12(8-26-15)16(17,18)19;2-1-3/h2-5,8-9H,6-7H2,1H3,(H,20,21,24);1H,(H,2,3). The molecule has 1 aromatic carbocycles. The van der Waals surface area contributed by atoms with Crippen LogP contribution in [0.1, 0.15) is 12.1 Å². The van der Waals surface area contributed by atoms with Gasteiger partial charge in [-0.2, -0.15) is 18.2 Å². The van der Waals surface area contributed by atoms with Gasteiger partial charge < -0.3 is 19.2 Å². The fraction of sp³-hybridized carbons (Fsp3) is 0.294. The van der Waals surface area contributed by atoms with Crippen LogP contribution in [0, 0.1) is 5.92 Å². The Bertz CT molecular complexity index is 883. The molecule has 3 rings (SSSR count). The molecule has 12 heteroatoms. The Morgan fingerprint density at radius 3 is 2.66 bits per heavy atom. The molecular formula is C17H16F3N3O6. The van der Waals surface area contributed by atoms with E-state index in [4.69, 9.17) is 14.6 Å². The van der Waals surface area contributed by atoms with Crippen molar-refractivity contribution >= 4 is 30.0 Å². The Morgan fingerprint density at radius 1 is 1.41 bits per heavy atom. The van der Waals surface area contributed by atoms with Crippen molar-refractivity contribution in [2.24, 2.45) is 5.92 Å². The van der Waals surface area contributed by atoms with Gasteiger partial charge in [0, 0.05) is 13.0 Å². The number of rotatable bonds is 4. The number of nitrogens with zero attached hydrogens (tertiary/aromatic N) is 2. The van der Waals surface area contributed by atoms with E-state index < -0.39 is 29.7 Å². The Kier molecular flexibility index (Phi) is 6.80. The summed E-state index contributed by atoms with van der Waals surface area (Å²) in [7, 11) is 1.46. The number of ether oxygens (including phenoxy) is 1. The lowest BCUT2D eigenvalue weighted by molar-refractivity contribution is -0.141. The predicted octanol–water partition coefficient (Wildman–Crippen LogP) is 2.39. The van der Waals surface area contributed by atoms with Crippen molar-refractivity contribution in [3.05, 3.63) is 36.2 Å². The van der Waals surface area contributed by atoms with E-state index in [2.05, 4.69) is 14.7 Å². The Balaban J connectivity index is 0.000000941. The molecule has 0 saturated carbocycles. The van der Waals surface area contributed by atoms with Crippen molar-refractivity contribution in [1.82, 2.24) is 4.98 Å². The molecule has 0 spiro atoms. The number of methoxy groups -OCH3 is 1. The number of carbonyl (C=O) groups excluding carboxylic acids is 2. The molecule has 1 unspecified atom stereocenters. The summed E-state index contributed by atoms with van der Waals surface area (Å²) in [6.07, 6.45) is -4.34. The number of hydrogen-bond donors (Lipinski definition) is 2. The lowest BCUT2D eigenvalue weighted by Gasteiger charge is -2.19. The zero-order chi connectivity index (χ0) is 21.6. The van der Waals surface area contributed by atoms with Gasteiger partial charge in [0.25, 0.3) is 6.47 Å². The zero-order valence-corrected chi connectivity index (χ0v) is 15.0. The predicted molar refractivity (Wildman–Crippen MR) is 92.3 cm³/mol. The minimum absolute atomic E-state index is 0.0673. The molecule has 2 aromatic rings. The van der Waals surface area contributed by atoms with Gasteiger partial charge in [-0.1, -0.05) is 12.1 Å². The number of carboxylic acid groups (broad SMARTS) is 1. The summed E-state index contributed by atoms with van der Waals surface area (Å²) in [5.74, 6) is -1.22. The average Bonchev–Trinajstić information content (AvgIpc) is 3.29. The molecule has 2 N–H and O–H groups in total. The number of benzene rings is 1. The molecule has 9 nitrogen and oxygen atoms in total. The average molecular weight is 415 g/mol. The van der Waals surface area contributed by atoms with Crippen LogP contribution in [0.2, 0.25) is 0 Å². The van der Waals surface area contributed by atoms with Crippen LogP contribution in [-0.4, -0.2) is 42.0 Å². The van der Waals surface area contributed by atoms with Gasteiger partial charge in [0.2, 0.25) is 11.8 Å². The lowest BCUT2D eigenvalue weighted by Crippen LogP contribution is -2.28. The summed E-state index contributed by atoms with van der Waals surface area (Å²) in [4.78, 5) is 37.4. The van der Waals surface area contributed by atoms with E-state index in [1.54, 1.807) is 24.3 Å². The van der Waals surface area contributed by atoms with Gasteiger partial charge in [-0.3, -0.25) is 19.7 Å². The lowest BCUT2D eigenvalue weighted by atomic mass is 10.1. The first-order chi connectivity index (χ1) is 13.7. The number of anilines is 2. The molecule has 1 fully saturated rings. The van der Waals surface area contributed by atoms with E-state index in [0.717, 1.165) is 0 Å². The minimum atomic E-state index is -4.67. The van der Waals surface area contributed by atoms with E-state index in [1.165, 1.54) is 12.0 Å². The van der Waals surface area contributed by atoms with Crippen molar-refractivity contribution < 1.29 is 41.8 Å². The summed E-state index contributed by atoms with van der Waals surface area (Å²) in [6.45, 7) is -0.183. The van der Waals surface area contributed by atoms with Crippen LogP contribution in [0.4, 0.5) is 24.9 Å². The van der Waals surface area contributed by atoms with Crippen molar-refractivity contribution in [1.29, 1.82) is 0 Å². The maximum absolute atomic E-state index is 12.5. The topological polar surface area (TPSA) is 122 Å². The molecular weight excluding hydrogens is 399 g/mol. The smallest absolute Gasteiger partial charge is 0.436 e. The molecule has 1 aromatic heterocycles. The molecule has 0 aliphatic carbocycles. The molecule has 2 heterocycles. The quantitative estimate of drug-likeness (QED) is 0.736. The van der Waals surface area contributed by atoms with Crippen LogP contribution < -0.4 is 15.0 Å². The minimum Gasteiger partial charge on any atom is -0.495 e. The van der Waals surface area contributed by atoms with Gasteiger partial charge in [0.1, 0.15) is 12.0 Å². The van der Waals surface area contributed by atoms with Crippen LogP contribution in [0.25, 0.3) is 0 Å². The first kappa shape index (κ1) is 21.7. The number of nitrogens with one attached hydrogen (secondary N) is 1. The Labute approximate surface area is 162 Å². The molecule has 0 bridgehead atoms. The monoisotopic (exact) mass is 415 g/mol. The number of carbonyl (C=O) groups is 3. The SMILES string of the molecule is COc1ccccc1N1CC(C(=O)Nc2nc(C(F)(F)F)co2)CC1=O.O=CO. The highest BCUT2D eigenvalue weighted by Crippen LogP contribution is 2.33. The number of halogens is 3. The largest absolute Gasteiger partial charge is 0.495 e. The normalized spacial score (nSPS) is 16.1. The highest BCUT2D eigenvalue weighted by atomic mass is 19.4. The second-order valence-electron chi connectivity index (χ2n) is 5.71. The Hall–Kier alpha value is -3.57. The number of amides is 2. The van der Waals surface area contributed by atoms with E-state index in [0.29, 0.717) is 17.7 Å². The molecule has 2 amide bonds. The highest BCUT2D eigenvalue weighted by Gasteiger charge is 2.38. The van der Waals surface area contributed by atoms with Gasteiger partial charge in [0.05, 0.1) is 18.7 Å². The third-order valence-corrected chi connectivity index (χ3v) is 3.90. The third-order valence-electron chi connectivity index (χ3n) is 3.90. The second kappa shape index (κ2) is 9.08. The van der Waals surface area contributed by atoms with Gasteiger partial charge in [-0.05, 0) is 12.1 Å².